The number of carbonyl (C=O) groups is 2. The fourth-order valence-corrected chi connectivity index (χ4v) is 3.78. The van der Waals surface area contributed by atoms with Gasteiger partial charge >= 0.3 is 0 Å². The van der Waals surface area contributed by atoms with Gasteiger partial charge in [0.25, 0.3) is 0 Å². The van der Waals surface area contributed by atoms with Crippen molar-refractivity contribution in [2.24, 2.45) is 11.8 Å². The predicted octanol–water partition coefficient (Wildman–Crippen LogP) is 2.46. The summed E-state index contributed by atoms with van der Waals surface area (Å²) in [6, 6.07) is 10.5. The summed E-state index contributed by atoms with van der Waals surface area (Å²) in [4.78, 5) is 28.2. The number of likely N-dealkylation sites (tertiary alicyclic amines) is 2. The number of hydrogen-bond donors (Lipinski definition) is 0. The van der Waals surface area contributed by atoms with Gasteiger partial charge in [-0.25, -0.2) is 0 Å². The Morgan fingerprint density at radius 2 is 1.86 bits per heavy atom. The van der Waals surface area contributed by atoms with Crippen molar-refractivity contribution < 1.29 is 9.59 Å². The van der Waals surface area contributed by atoms with Gasteiger partial charge in [-0.15, -0.1) is 0 Å². The summed E-state index contributed by atoms with van der Waals surface area (Å²) in [6.07, 6.45) is 1.82. The van der Waals surface area contributed by atoms with Crippen LogP contribution in [0.15, 0.2) is 30.3 Å². The van der Waals surface area contributed by atoms with E-state index in [4.69, 9.17) is 0 Å². The molecule has 118 valence electrons. The van der Waals surface area contributed by atoms with Crippen molar-refractivity contribution in [3.63, 3.8) is 0 Å². The minimum absolute atomic E-state index is 0.0311. The van der Waals surface area contributed by atoms with Crippen LogP contribution in [0.1, 0.15) is 38.3 Å². The maximum absolute atomic E-state index is 12.9. The number of amides is 2. The van der Waals surface area contributed by atoms with Gasteiger partial charge < -0.3 is 9.80 Å². The van der Waals surface area contributed by atoms with Crippen LogP contribution in [0.5, 0.6) is 0 Å². The third-order valence-electron chi connectivity index (χ3n) is 5.00. The van der Waals surface area contributed by atoms with Gasteiger partial charge in [0.1, 0.15) is 0 Å². The molecule has 0 bridgehead atoms. The number of benzene rings is 1. The van der Waals surface area contributed by atoms with Crippen LogP contribution in [0.3, 0.4) is 0 Å². The molecule has 1 aromatic carbocycles. The Balaban J connectivity index is 1.71. The van der Waals surface area contributed by atoms with Gasteiger partial charge in [0.15, 0.2) is 0 Å². The van der Waals surface area contributed by atoms with E-state index in [0.717, 1.165) is 25.9 Å². The molecule has 2 aliphatic heterocycles. The molecule has 2 aliphatic rings. The molecule has 0 aromatic heterocycles. The summed E-state index contributed by atoms with van der Waals surface area (Å²) in [5.41, 5.74) is 1.22. The molecule has 3 rings (SSSR count). The lowest BCUT2D eigenvalue weighted by Crippen LogP contribution is -2.55. The van der Waals surface area contributed by atoms with E-state index in [2.05, 4.69) is 19.1 Å². The van der Waals surface area contributed by atoms with Gasteiger partial charge in [0.2, 0.25) is 11.8 Å². The van der Waals surface area contributed by atoms with Crippen molar-refractivity contribution in [2.75, 3.05) is 19.6 Å². The van der Waals surface area contributed by atoms with Crippen molar-refractivity contribution >= 4 is 11.8 Å². The van der Waals surface area contributed by atoms with Crippen molar-refractivity contribution in [3.05, 3.63) is 35.9 Å². The molecular weight excluding hydrogens is 276 g/mol. The second kappa shape index (κ2) is 6.11. The predicted molar refractivity (Wildman–Crippen MR) is 85.0 cm³/mol. The molecule has 2 fully saturated rings. The topological polar surface area (TPSA) is 40.6 Å². The molecule has 0 aliphatic carbocycles. The summed E-state index contributed by atoms with van der Waals surface area (Å²) in [5, 5.41) is 0. The molecule has 2 saturated heterocycles. The molecule has 0 radical (unpaired) electrons. The highest BCUT2D eigenvalue weighted by atomic mass is 16.2. The fourth-order valence-electron chi connectivity index (χ4n) is 3.78. The van der Waals surface area contributed by atoms with Crippen molar-refractivity contribution in [2.45, 2.75) is 32.7 Å². The van der Waals surface area contributed by atoms with Crippen LogP contribution in [0.2, 0.25) is 0 Å². The molecule has 3 atom stereocenters. The zero-order valence-electron chi connectivity index (χ0n) is 13.4. The van der Waals surface area contributed by atoms with E-state index in [1.54, 1.807) is 6.92 Å². The van der Waals surface area contributed by atoms with Crippen LogP contribution in [0.25, 0.3) is 0 Å². The number of rotatable bonds is 2. The Morgan fingerprint density at radius 3 is 2.50 bits per heavy atom. The van der Waals surface area contributed by atoms with Gasteiger partial charge in [-0.1, -0.05) is 37.3 Å². The maximum Gasteiger partial charge on any atom is 0.228 e. The van der Waals surface area contributed by atoms with E-state index in [-0.39, 0.29) is 23.8 Å². The van der Waals surface area contributed by atoms with Gasteiger partial charge in [0, 0.05) is 26.6 Å². The first-order chi connectivity index (χ1) is 10.6. The summed E-state index contributed by atoms with van der Waals surface area (Å²) >= 11 is 0. The lowest BCUT2D eigenvalue weighted by atomic mass is 9.82. The molecule has 22 heavy (non-hydrogen) atoms. The Bertz CT molecular complexity index is 557. The monoisotopic (exact) mass is 300 g/mol. The van der Waals surface area contributed by atoms with E-state index >= 15 is 0 Å². The molecule has 3 unspecified atom stereocenters. The van der Waals surface area contributed by atoms with Gasteiger partial charge in [-0.2, -0.15) is 0 Å². The second-order valence-corrected chi connectivity index (χ2v) is 6.63. The summed E-state index contributed by atoms with van der Waals surface area (Å²) in [6.45, 7) is 5.99. The number of piperidine rings is 1. The highest BCUT2D eigenvalue weighted by Crippen LogP contribution is 2.40. The van der Waals surface area contributed by atoms with Crippen LogP contribution in [0, 0.1) is 11.8 Å². The van der Waals surface area contributed by atoms with Crippen LogP contribution >= 0.6 is 0 Å². The van der Waals surface area contributed by atoms with Crippen LogP contribution in [-0.2, 0) is 9.59 Å². The molecular formula is C18H24N2O2. The minimum atomic E-state index is -0.0311. The molecule has 2 amide bonds. The zero-order valence-corrected chi connectivity index (χ0v) is 13.4. The van der Waals surface area contributed by atoms with E-state index in [1.165, 1.54) is 5.56 Å². The Labute approximate surface area is 132 Å². The van der Waals surface area contributed by atoms with Gasteiger partial charge in [-0.3, -0.25) is 9.59 Å². The van der Waals surface area contributed by atoms with E-state index < -0.39 is 0 Å². The fraction of sp³-hybridized carbons (Fsp3) is 0.556. The van der Waals surface area contributed by atoms with Crippen molar-refractivity contribution in [1.82, 2.24) is 9.80 Å². The minimum Gasteiger partial charge on any atom is -0.342 e. The SMILES string of the molecule is CC(=O)N1CCCC(C(=O)N2CC(C)C2c2ccccc2)C1. The molecule has 0 spiro atoms. The third-order valence-corrected chi connectivity index (χ3v) is 5.00. The zero-order chi connectivity index (χ0) is 15.7. The standard InChI is InChI=1S/C18H24N2O2/c1-13-11-20(17(13)15-7-4-3-5-8-15)18(22)16-9-6-10-19(12-16)14(2)21/h3-5,7-8,13,16-17H,6,9-12H2,1-2H3. The lowest BCUT2D eigenvalue weighted by molar-refractivity contribution is -0.151. The van der Waals surface area contributed by atoms with E-state index in [9.17, 15) is 9.59 Å². The number of nitrogens with zero attached hydrogens (tertiary/aromatic N) is 2. The number of hydrogen-bond acceptors (Lipinski definition) is 2. The normalized spacial score (nSPS) is 28.2. The summed E-state index contributed by atoms with van der Waals surface area (Å²) in [7, 11) is 0. The largest absolute Gasteiger partial charge is 0.342 e. The van der Waals surface area contributed by atoms with E-state index in [0.29, 0.717) is 12.5 Å². The third kappa shape index (κ3) is 2.74. The summed E-state index contributed by atoms with van der Waals surface area (Å²) in [5.74, 6) is 0.766. The smallest absolute Gasteiger partial charge is 0.228 e. The summed E-state index contributed by atoms with van der Waals surface area (Å²) < 4.78 is 0. The van der Waals surface area contributed by atoms with Crippen LogP contribution in [-0.4, -0.2) is 41.2 Å². The maximum atomic E-state index is 12.9. The first-order valence-corrected chi connectivity index (χ1v) is 8.19. The average Bonchev–Trinajstić information content (AvgIpc) is 2.53. The molecule has 4 heteroatoms. The first-order valence-electron chi connectivity index (χ1n) is 8.19. The van der Waals surface area contributed by atoms with E-state index in [1.807, 2.05) is 28.0 Å². The quantitative estimate of drug-likeness (QED) is 0.842. The number of carbonyl (C=O) groups excluding carboxylic acids is 2. The highest BCUT2D eigenvalue weighted by Gasteiger charge is 2.42. The van der Waals surface area contributed by atoms with Gasteiger partial charge in [0.05, 0.1) is 12.0 Å². The Kier molecular flexibility index (Phi) is 4.19. The molecule has 0 N–H and O–H groups in total. The molecule has 1 aromatic rings. The van der Waals surface area contributed by atoms with Crippen LogP contribution in [0.4, 0.5) is 0 Å². The first kappa shape index (κ1) is 15.1. The molecule has 2 heterocycles. The highest BCUT2D eigenvalue weighted by molar-refractivity contribution is 5.82. The Hall–Kier alpha value is -1.84. The van der Waals surface area contributed by atoms with Gasteiger partial charge in [-0.05, 0) is 24.3 Å². The molecule has 0 saturated carbocycles. The second-order valence-electron chi connectivity index (χ2n) is 6.63. The molecule has 4 nitrogen and oxygen atoms in total. The lowest BCUT2D eigenvalue weighted by Gasteiger charge is -2.49. The van der Waals surface area contributed by atoms with Crippen molar-refractivity contribution in [1.29, 1.82) is 0 Å². The average molecular weight is 300 g/mol. The van der Waals surface area contributed by atoms with Crippen molar-refractivity contribution in [3.8, 4) is 0 Å². The van der Waals surface area contributed by atoms with Crippen LogP contribution < -0.4 is 0 Å². The Morgan fingerprint density at radius 1 is 1.14 bits per heavy atom.